The van der Waals surface area contributed by atoms with Crippen molar-refractivity contribution in [2.45, 2.75) is 20.3 Å². The van der Waals surface area contributed by atoms with Crippen LogP contribution >= 0.6 is 11.3 Å². The molecule has 23 heavy (non-hydrogen) atoms. The fourth-order valence-electron chi connectivity index (χ4n) is 2.00. The number of benzene rings is 1. The number of nitrogens with two attached hydrogens (primary N) is 1. The van der Waals surface area contributed by atoms with Crippen molar-refractivity contribution in [1.82, 2.24) is 10.3 Å². The number of carbonyl (C=O) groups is 2. The standard InChI is InChI=1S/C16H20N4O2S/c1-3-18-15(21)11-5-4-10(2)12(8-11)20-16(22)13-9-23-14(19-13)6-7-17/h4-5,8-9H,3,6-7,17H2,1-2H3,(H,18,21)(H,20,22). The molecular formula is C16H20N4O2S. The second-order valence-corrected chi connectivity index (χ2v) is 5.95. The van der Waals surface area contributed by atoms with E-state index >= 15 is 0 Å². The third kappa shape index (κ3) is 4.37. The Hall–Kier alpha value is -2.25. The highest BCUT2D eigenvalue weighted by Crippen LogP contribution is 2.19. The molecule has 2 aromatic rings. The monoisotopic (exact) mass is 332 g/mol. The van der Waals surface area contributed by atoms with Crippen LogP contribution in [0.3, 0.4) is 0 Å². The lowest BCUT2D eigenvalue weighted by Crippen LogP contribution is -2.23. The normalized spacial score (nSPS) is 10.4. The van der Waals surface area contributed by atoms with Gasteiger partial charge in [0.25, 0.3) is 11.8 Å². The minimum Gasteiger partial charge on any atom is -0.352 e. The summed E-state index contributed by atoms with van der Waals surface area (Å²) >= 11 is 1.42. The van der Waals surface area contributed by atoms with Crippen LogP contribution in [0.15, 0.2) is 23.6 Å². The molecule has 0 aliphatic rings. The van der Waals surface area contributed by atoms with E-state index in [4.69, 9.17) is 5.73 Å². The number of nitrogens with one attached hydrogen (secondary N) is 2. The molecule has 4 N–H and O–H groups in total. The average molecular weight is 332 g/mol. The summed E-state index contributed by atoms with van der Waals surface area (Å²) in [6.07, 6.45) is 0.656. The molecule has 0 fully saturated rings. The first-order chi connectivity index (χ1) is 11.0. The van der Waals surface area contributed by atoms with Gasteiger partial charge in [-0.2, -0.15) is 0 Å². The number of carbonyl (C=O) groups excluding carboxylic acids is 2. The molecule has 1 aromatic carbocycles. The van der Waals surface area contributed by atoms with E-state index in [2.05, 4.69) is 15.6 Å². The third-order valence-electron chi connectivity index (χ3n) is 3.23. The summed E-state index contributed by atoms with van der Waals surface area (Å²) in [7, 11) is 0. The molecule has 0 atom stereocenters. The smallest absolute Gasteiger partial charge is 0.275 e. The largest absolute Gasteiger partial charge is 0.352 e. The first-order valence-electron chi connectivity index (χ1n) is 7.39. The predicted molar refractivity (Wildman–Crippen MR) is 92.0 cm³/mol. The Morgan fingerprint density at radius 2 is 2.09 bits per heavy atom. The molecule has 0 radical (unpaired) electrons. The SMILES string of the molecule is CCNC(=O)c1ccc(C)c(NC(=O)c2csc(CCN)n2)c1. The van der Waals surface area contributed by atoms with Crippen LogP contribution in [0.25, 0.3) is 0 Å². The van der Waals surface area contributed by atoms with E-state index in [-0.39, 0.29) is 11.8 Å². The van der Waals surface area contributed by atoms with Crippen molar-refractivity contribution in [3.8, 4) is 0 Å². The van der Waals surface area contributed by atoms with Gasteiger partial charge in [-0.3, -0.25) is 9.59 Å². The number of thiazole rings is 1. The maximum absolute atomic E-state index is 12.3. The van der Waals surface area contributed by atoms with E-state index in [0.29, 0.717) is 36.5 Å². The van der Waals surface area contributed by atoms with Gasteiger partial charge >= 0.3 is 0 Å². The molecule has 122 valence electrons. The van der Waals surface area contributed by atoms with Gasteiger partial charge in [-0.25, -0.2) is 4.98 Å². The van der Waals surface area contributed by atoms with E-state index < -0.39 is 0 Å². The van der Waals surface area contributed by atoms with Crippen molar-refractivity contribution in [3.63, 3.8) is 0 Å². The molecule has 0 bridgehead atoms. The second-order valence-electron chi connectivity index (χ2n) is 5.01. The van der Waals surface area contributed by atoms with Crippen molar-refractivity contribution < 1.29 is 9.59 Å². The van der Waals surface area contributed by atoms with Gasteiger partial charge in [0.15, 0.2) is 0 Å². The molecule has 2 amide bonds. The topological polar surface area (TPSA) is 97.1 Å². The van der Waals surface area contributed by atoms with Gasteiger partial charge in [-0.1, -0.05) is 6.07 Å². The molecule has 2 rings (SSSR count). The van der Waals surface area contributed by atoms with Gasteiger partial charge < -0.3 is 16.4 Å². The van der Waals surface area contributed by atoms with Crippen LogP contribution in [-0.2, 0) is 6.42 Å². The van der Waals surface area contributed by atoms with Crippen LogP contribution in [0, 0.1) is 6.92 Å². The van der Waals surface area contributed by atoms with Crippen molar-refractivity contribution in [2.24, 2.45) is 5.73 Å². The van der Waals surface area contributed by atoms with Crippen molar-refractivity contribution in [1.29, 1.82) is 0 Å². The number of hydrogen-bond donors (Lipinski definition) is 3. The van der Waals surface area contributed by atoms with Crippen molar-refractivity contribution in [3.05, 3.63) is 45.4 Å². The van der Waals surface area contributed by atoms with E-state index in [1.54, 1.807) is 23.6 Å². The lowest BCUT2D eigenvalue weighted by Gasteiger charge is -2.10. The lowest BCUT2D eigenvalue weighted by molar-refractivity contribution is 0.0954. The molecule has 7 heteroatoms. The molecule has 0 saturated heterocycles. The molecule has 0 aliphatic carbocycles. The fraction of sp³-hybridized carbons (Fsp3) is 0.312. The number of aromatic nitrogens is 1. The summed E-state index contributed by atoms with van der Waals surface area (Å²) < 4.78 is 0. The molecule has 0 aliphatic heterocycles. The summed E-state index contributed by atoms with van der Waals surface area (Å²) in [5, 5.41) is 8.10. The maximum atomic E-state index is 12.3. The van der Waals surface area contributed by atoms with Crippen LogP contribution in [0.1, 0.15) is 38.3 Å². The highest BCUT2D eigenvalue weighted by atomic mass is 32.1. The Balaban J connectivity index is 2.16. The highest BCUT2D eigenvalue weighted by Gasteiger charge is 2.13. The number of rotatable bonds is 6. The van der Waals surface area contributed by atoms with Crippen molar-refractivity contribution >= 4 is 28.8 Å². The van der Waals surface area contributed by atoms with Crippen LogP contribution < -0.4 is 16.4 Å². The van der Waals surface area contributed by atoms with Crippen LogP contribution in [0.4, 0.5) is 5.69 Å². The van der Waals surface area contributed by atoms with E-state index in [9.17, 15) is 9.59 Å². The van der Waals surface area contributed by atoms with Gasteiger partial charge in [0, 0.05) is 29.6 Å². The highest BCUT2D eigenvalue weighted by molar-refractivity contribution is 7.09. The van der Waals surface area contributed by atoms with Gasteiger partial charge in [0.1, 0.15) is 5.69 Å². The zero-order valence-corrected chi connectivity index (χ0v) is 14.0. The Labute approximate surface area is 139 Å². The average Bonchev–Trinajstić information content (AvgIpc) is 2.99. The summed E-state index contributed by atoms with van der Waals surface area (Å²) in [4.78, 5) is 28.4. The van der Waals surface area contributed by atoms with Gasteiger partial charge in [-0.05, 0) is 38.1 Å². The Morgan fingerprint density at radius 3 is 2.78 bits per heavy atom. The molecular weight excluding hydrogens is 312 g/mol. The molecule has 1 aromatic heterocycles. The zero-order valence-electron chi connectivity index (χ0n) is 13.2. The Bertz CT molecular complexity index is 712. The van der Waals surface area contributed by atoms with Crippen LogP contribution in [-0.4, -0.2) is 29.9 Å². The molecule has 0 spiro atoms. The second kappa shape index (κ2) is 7.85. The minimum atomic E-state index is -0.291. The Morgan fingerprint density at radius 1 is 1.30 bits per heavy atom. The quantitative estimate of drug-likeness (QED) is 0.753. The molecule has 0 saturated carbocycles. The molecule has 0 unspecified atom stereocenters. The number of anilines is 1. The molecule has 1 heterocycles. The number of aryl methyl sites for hydroxylation is 1. The van der Waals surface area contributed by atoms with Gasteiger partial charge in [0.2, 0.25) is 0 Å². The summed E-state index contributed by atoms with van der Waals surface area (Å²) in [5.41, 5.74) is 7.84. The van der Waals surface area contributed by atoms with Crippen LogP contribution in [0.2, 0.25) is 0 Å². The van der Waals surface area contributed by atoms with Crippen molar-refractivity contribution in [2.75, 3.05) is 18.4 Å². The zero-order chi connectivity index (χ0) is 16.8. The predicted octanol–water partition coefficient (Wildman–Crippen LogP) is 1.95. The number of amides is 2. The minimum absolute atomic E-state index is 0.165. The van der Waals surface area contributed by atoms with E-state index in [0.717, 1.165) is 10.6 Å². The number of hydrogen-bond acceptors (Lipinski definition) is 5. The fourth-order valence-corrected chi connectivity index (χ4v) is 2.79. The van der Waals surface area contributed by atoms with E-state index in [1.165, 1.54) is 11.3 Å². The summed E-state index contributed by atoms with van der Waals surface area (Å²) in [5.74, 6) is -0.456. The first-order valence-corrected chi connectivity index (χ1v) is 8.27. The van der Waals surface area contributed by atoms with E-state index in [1.807, 2.05) is 13.8 Å². The van der Waals surface area contributed by atoms with Gasteiger partial charge in [0.05, 0.1) is 5.01 Å². The Kier molecular flexibility index (Phi) is 5.84. The summed E-state index contributed by atoms with van der Waals surface area (Å²) in [6, 6.07) is 5.21. The number of nitrogens with zero attached hydrogens (tertiary/aromatic N) is 1. The third-order valence-corrected chi connectivity index (χ3v) is 4.14. The first kappa shape index (κ1) is 17.1. The molecule has 6 nitrogen and oxygen atoms in total. The summed E-state index contributed by atoms with van der Waals surface area (Å²) in [6.45, 7) is 4.79. The van der Waals surface area contributed by atoms with Crippen LogP contribution in [0.5, 0.6) is 0 Å². The maximum Gasteiger partial charge on any atom is 0.275 e. The van der Waals surface area contributed by atoms with Gasteiger partial charge in [-0.15, -0.1) is 11.3 Å². The lowest BCUT2D eigenvalue weighted by atomic mass is 10.1.